The molecule has 1 aromatic rings. The molecule has 2 saturated carbocycles. The number of hydrogen-bond donors (Lipinski definition) is 5. The lowest BCUT2D eigenvalue weighted by Gasteiger charge is -2.55. The molecule has 12 heteroatoms. The number of phenols is 1. The van der Waals surface area contributed by atoms with Gasteiger partial charge in [0, 0.05) is 50.3 Å². The van der Waals surface area contributed by atoms with E-state index >= 15 is 0 Å². The highest BCUT2D eigenvalue weighted by atomic mass is 16.3. The van der Waals surface area contributed by atoms with Crippen LogP contribution < -0.4 is 16.0 Å². The van der Waals surface area contributed by atoms with Gasteiger partial charge in [0.25, 0.3) is 0 Å². The standard InChI is InChI=1S/C30H40N4O8/c1-6-7-8-9-19(35)32-13-15-12-18(33(2)3)16-10-14-11-17-23(34(4)5)26(38)22(29(31)41)28(40)30(17,42)27(39)20(14)25(37)21(16)24(15)36/h6,12,14,17,20,22-23,26,36,38,42H,1,7-11,13H2,2-5H3,(H2,31,41)(H,32,35)/t14-,17-,20?,22?,23-,26?,30-/m1/s1. The van der Waals surface area contributed by atoms with E-state index in [9.17, 15) is 39.3 Å². The van der Waals surface area contributed by atoms with E-state index in [0.717, 1.165) is 0 Å². The first kappa shape index (κ1) is 31.3. The number of Topliss-reactive ketones (excluding diaryl/α,β-unsaturated/α-hetero) is 3. The van der Waals surface area contributed by atoms with Crippen LogP contribution in [-0.4, -0.2) is 95.3 Å². The number of benzene rings is 1. The SMILES string of the molecule is C=CCCCC(=O)NCc1cc(N(C)C)c2c(c1O)C(=O)C1C(=O)[C@@]3(O)C(=O)C(C(N)=O)C(O)[C@H](N(C)C)[C@H]3C[C@H]1C2. The molecule has 3 aliphatic rings. The average Bonchev–Trinajstić information content (AvgIpc) is 2.89. The van der Waals surface area contributed by atoms with E-state index in [4.69, 9.17) is 5.73 Å². The number of rotatable bonds is 9. The van der Waals surface area contributed by atoms with E-state index < -0.39 is 64.7 Å². The number of hydrogen-bond acceptors (Lipinski definition) is 10. The quantitative estimate of drug-likeness (QED) is 0.146. The maximum Gasteiger partial charge on any atom is 0.230 e. The van der Waals surface area contributed by atoms with Crippen LogP contribution in [-0.2, 0) is 32.1 Å². The van der Waals surface area contributed by atoms with Crippen LogP contribution in [0.25, 0.3) is 0 Å². The minimum absolute atomic E-state index is 0.0331. The molecule has 0 radical (unpaired) electrons. The van der Waals surface area contributed by atoms with Crippen LogP contribution in [0.3, 0.4) is 0 Å². The second-order valence-corrected chi connectivity index (χ2v) is 12.1. The summed E-state index contributed by atoms with van der Waals surface area (Å²) >= 11 is 0. The third-order valence-corrected chi connectivity index (χ3v) is 9.12. The van der Waals surface area contributed by atoms with Crippen molar-refractivity contribution in [3.63, 3.8) is 0 Å². The molecule has 7 atom stereocenters. The van der Waals surface area contributed by atoms with Gasteiger partial charge in [-0.25, -0.2) is 0 Å². The van der Waals surface area contributed by atoms with Crippen molar-refractivity contribution in [3.05, 3.63) is 35.4 Å². The Hall–Kier alpha value is -3.61. The molecule has 6 N–H and O–H groups in total. The number of phenolic OH excluding ortho intramolecular Hbond substituents is 1. The van der Waals surface area contributed by atoms with Gasteiger partial charge in [0.15, 0.2) is 23.0 Å². The average molecular weight is 585 g/mol. The predicted octanol–water partition coefficient (Wildman–Crippen LogP) is -0.303. The summed E-state index contributed by atoms with van der Waals surface area (Å²) < 4.78 is 0. The number of nitrogens with one attached hydrogen (secondary N) is 1. The number of aromatic hydroxyl groups is 1. The molecule has 2 amide bonds. The van der Waals surface area contributed by atoms with Crippen LogP contribution in [0.4, 0.5) is 5.69 Å². The highest BCUT2D eigenvalue weighted by Gasteiger charge is 2.69. The summed E-state index contributed by atoms with van der Waals surface area (Å²) in [5.41, 5.74) is 4.03. The minimum Gasteiger partial charge on any atom is -0.507 e. The molecular weight excluding hydrogens is 544 g/mol. The van der Waals surface area contributed by atoms with Crippen molar-refractivity contribution in [3.8, 4) is 5.75 Å². The Balaban J connectivity index is 1.77. The molecule has 0 aromatic heterocycles. The van der Waals surface area contributed by atoms with E-state index in [1.165, 1.54) is 0 Å². The van der Waals surface area contributed by atoms with Crippen LogP contribution in [0.5, 0.6) is 5.75 Å². The van der Waals surface area contributed by atoms with Crippen molar-refractivity contribution in [2.45, 2.75) is 56.4 Å². The number of nitrogens with two attached hydrogens (primary N) is 1. The topological polar surface area (TPSA) is 191 Å². The lowest BCUT2D eigenvalue weighted by Crippen LogP contribution is -2.75. The molecule has 3 aliphatic carbocycles. The Bertz CT molecular complexity index is 1340. The van der Waals surface area contributed by atoms with E-state index in [1.807, 2.05) is 0 Å². The fourth-order valence-electron chi connectivity index (χ4n) is 7.15. The molecule has 0 saturated heterocycles. The second-order valence-electron chi connectivity index (χ2n) is 12.1. The summed E-state index contributed by atoms with van der Waals surface area (Å²) in [6.45, 7) is 3.57. The number of amides is 2. The molecule has 3 unspecified atom stereocenters. The number of fused-ring (bicyclic) bond motifs is 3. The number of ketones is 3. The van der Waals surface area contributed by atoms with Gasteiger partial charge >= 0.3 is 0 Å². The first-order valence-electron chi connectivity index (χ1n) is 14.1. The third kappa shape index (κ3) is 4.91. The van der Waals surface area contributed by atoms with Crippen molar-refractivity contribution >= 4 is 34.9 Å². The molecule has 0 spiro atoms. The zero-order valence-electron chi connectivity index (χ0n) is 24.4. The highest BCUT2D eigenvalue weighted by molar-refractivity contribution is 6.25. The van der Waals surface area contributed by atoms with E-state index in [-0.39, 0.29) is 48.6 Å². The van der Waals surface area contributed by atoms with Crippen LogP contribution in [0.1, 0.15) is 47.2 Å². The van der Waals surface area contributed by atoms with Gasteiger partial charge in [-0.15, -0.1) is 6.58 Å². The van der Waals surface area contributed by atoms with Crippen molar-refractivity contribution < 1.29 is 39.3 Å². The number of carbonyl (C=O) groups is 5. The van der Waals surface area contributed by atoms with Crippen molar-refractivity contribution in [2.75, 3.05) is 33.1 Å². The summed E-state index contributed by atoms with van der Waals surface area (Å²) in [6.07, 6.45) is 1.93. The van der Waals surface area contributed by atoms with Gasteiger partial charge in [0.1, 0.15) is 11.7 Å². The van der Waals surface area contributed by atoms with E-state index in [1.54, 1.807) is 50.1 Å². The zero-order chi connectivity index (χ0) is 31.3. The number of aliphatic hydroxyl groups excluding tert-OH is 1. The van der Waals surface area contributed by atoms with Crippen molar-refractivity contribution in [1.29, 1.82) is 0 Å². The Labute approximate surface area is 244 Å². The molecule has 0 aliphatic heterocycles. The van der Waals surface area contributed by atoms with Gasteiger partial charge in [-0.3, -0.25) is 24.0 Å². The van der Waals surface area contributed by atoms with Gasteiger partial charge in [-0.05, 0) is 57.3 Å². The maximum absolute atomic E-state index is 14.1. The molecule has 12 nitrogen and oxygen atoms in total. The summed E-state index contributed by atoms with van der Waals surface area (Å²) in [5.74, 6) is -9.82. The lowest BCUT2D eigenvalue weighted by molar-refractivity contribution is -0.190. The predicted molar refractivity (Wildman–Crippen MR) is 153 cm³/mol. The summed E-state index contributed by atoms with van der Waals surface area (Å²) in [6, 6.07) is 0.728. The zero-order valence-corrected chi connectivity index (χ0v) is 24.4. The summed E-state index contributed by atoms with van der Waals surface area (Å²) in [5, 5.41) is 36.8. The molecule has 2 fully saturated rings. The molecule has 1 aromatic carbocycles. The fraction of sp³-hybridized carbons (Fsp3) is 0.567. The molecule has 0 bridgehead atoms. The fourth-order valence-corrected chi connectivity index (χ4v) is 7.15. The molecule has 42 heavy (non-hydrogen) atoms. The Morgan fingerprint density at radius 2 is 1.86 bits per heavy atom. The number of carbonyl (C=O) groups excluding carboxylic acids is 5. The third-order valence-electron chi connectivity index (χ3n) is 9.12. The smallest absolute Gasteiger partial charge is 0.230 e. The number of aliphatic hydroxyl groups is 2. The molecular formula is C30H40N4O8. The Morgan fingerprint density at radius 3 is 2.43 bits per heavy atom. The van der Waals surface area contributed by atoms with Crippen molar-refractivity contribution in [2.24, 2.45) is 29.4 Å². The second kappa shape index (κ2) is 11.6. The molecule has 228 valence electrons. The van der Waals surface area contributed by atoms with Gasteiger partial charge in [0.05, 0.1) is 17.6 Å². The summed E-state index contributed by atoms with van der Waals surface area (Å²) in [4.78, 5) is 69.4. The number of unbranched alkanes of at least 4 members (excludes halogenated alkanes) is 1. The summed E-state index contributed by atoms with van der Waals surface area (Å²) in [7, 11) is 6.74. The molecule has 4 rings (SSSR count). The van der Waals surface area contributed by atoms with Crippen LogP contribution in [0, 0.1) is 23.7 Å². The number of nitrogens with zero attached hydrogens (tertiary/aromatic N) is 2. The highest BCUT2D eigenvalue weighted by Crippen LogP contribution is 2.52. The van der Waals surface area contributed by atoms with Crippen LogP contribution in [0.15, 0.2) is 18.7 Å². The number of anilines is 1. The van der Waals surface area contributed by atoms with Crippen LogP contribution in [0.2, 0.25) is 0 Å². The lowest BCUT2D eigenvalue weighted by atomic mass is 9.52. The van der Waals surface area contributed by atoms with Crippen molar-refractivity contribution in [1.82, 2.24) is 10.2 Å². The first-order chi connectivity index (χ1) is 19.7. The van der Waals surface area contributed by atoms with Gasteiger partial charge in [-0.2, -0.15) is 0 Å². The molecule has 0 heterocycles. The number of likely N-dealkylation sites (N-methyl/N-ethyl adjacent to an activating group) is 1. The van der Waals surface area contributed by atoms with Gasteiger partial charge < -0.3 is 36.2 Å². The maximum atomic E-state index is 14.1. The van der Waals surface area contributed by atoms with Gasteiger partial charge in [-0.1, -0.05) is 6.08 Å². The Morgan fingerprint density at radius 1 is 1.19 bits per heavy atom. The monoisotopic (exact) mass is 584 g/mol. The largest absolute Gasteiger partial charge is 0.507 e. The van der Waals surface area contributed by atoms with E-state index in [2.05, 4.69) is 11.9 Å². The number of allylic oxidation sites excluding steroid dienone is 1. The Kier molecular flexibility index (Phi) is 8.64. The minimum atomic E-state index is -2.72. The van der Waals surface area contributed by atoms with E-state index in [0.29, 0.717) is 24.1 Å². The number of primary amides is 1. The normalized spacial score (nSPS) is 30.3. The van der Waals surface area contributed by atoms with Crippen LogP contribution >= 0.6 is 0 Å². The first-order valence-corrected chi connectivity index (χ1v) is 14.1. The van der Waals surface area contributed by atoms with Gasteiger partial charge in [0.2, 0.25) is 11.8 Å².